The molecule has 10 atom stereocenters. The van der Waals surface area contributed by atoms with Crippen LogP contribution in [0, 0.1) is 0 Å². The lowest BCUT2D eigenvalue weighted by atomic mass is 9.91. The Hall–Kier alpha value is -15.4. The molecule has 4 aliphatic heterocycles. The summed E-state index contributed by atoms with van der Waals surface area (Å²) in [7, 11) is 0. The van der Waals surface area contributed by atoms with Crippen LogP contribution in [-0.4, -0.2) is 250 Å². The van der Waals surface area contributed by atoms with Gasteiger partial charge in [0, 0.05) is 34.4 Å². The molecule has 112 heavy (non-hydrogen) atoms. The molecule has 0 aromatic heterocycles. The molecule has 8 aromatic carbocycles. The number of rotatable bonds is 10. The number of cyclic esters (lactones) is 2. The molecule has 4 heterocycles. The third kappa shape index (κ3) is 13.2. The van der Waals surface area contributed by atoms with E-state index < -0.39 is 333 Å². The quantitative estimate of drug-likeness (QED) is 0.0527. The Morgan fingerprint density at radius 3 is 0.929 bits per heavy atom. The molecule has 12 rings (SSSR count). The van der Waals surface area contributed by atoms with E-state index in [0.717, 1.165) is 0 Å². The van der Waals surface area contributed by atoms with Crippen LogP contribution in [0.4, 0.5) is 0 Å². The molecule has 2 fully saturated rings. The summed E-state index contributed by atoms with van der Waals surface area (Å²) in [5.41, 5.74) is -14.4. The second-order valence-corrected chi connectivity index (χ2v) is 24.2. The lowest BCUT2D eigenvalue weighted by Crippen LogP contribution is -2.62. The van der Waals surface area contributed by atoms with E-state index in [1.807, 2.05) is 0 Å². The number of carbonyl (C=O) groups excluding carboxylic acids is 8. The highest BCUT2D eigenvalue weighted by Gasteiger charge is 2.56. The first kappa shape index (κ1) is 76.2. The number of esters is 8. The first-order chi connectivity index (χ1) is 52.7. The SMILES string of the molecule is O=C(O[C@H]1[C@@H]2OC(=O)c3cc(Oc4c(C(=O)O[C@H]5C(O)O[C@@H]6COC(=O)c7cc(O)c(O)c(O)c7-c7c(cc(O)c(O)c7O)C(=O)O[C@H]6[C@@H]5OC(=O)c5cc(O)c(O)c(O)c5)cc(O)c(O)c4O)c(O)c(O)c3-c3c(cc(O)c(O)c3O)C(=O)OC[C@H]2OC(O)[C@@H]1OC(=O)c1cc(O)c(O)c(O)c1)c1cc(O)c(O)c(O)c1. The summed E-state index contributed by atoms with van der Waals surface area (Å²) in [6, 6.07) is 4.10. The number of carbonyl (C=O) groups is 8. The van der Waals surface area contributed by atoms with Crippen LogP contribution >= 0.6 is 0 Å². The molecule has 4 aliphatic rings. The zero-order valence-corrected chi connectivity index (χ0v) is 55.0. The summed E-state index contributed by atoms with van der Waals surface area (Å²) in [5, 5.41) is 272. The molecule has 44 nitrogen and oxygen atoms in total. The van der Waals surface area contributed by atoms with Crippen LogP contribution in [0.3, 0.4) is 0 Å². The third-order valence-corrected chi connectivity index (χ3v) is 17.4. The predicted molar refractivity (Wildman–Crippen MR) is 345 cm³/mol. The van der Waals surface area contributed by atoms with Crippen molar-refractivity contribution >= 4 is 47.8 Å². The average Bonchev–Trinajstić information content (AvgIpc) is 1.36. The summed E-state index contributed by atoms with van der Waals surface area (Å²) in [6.45, 7) is -2.76. The molecular weight excluding hydrogens is 1520 g/mol. The minimum absolute atomic E-state index is 0.135. The normalized spacial score (nSPS) is 20.7. The highest BCUT2D eigenvalue weighted by atomic mass is 16.7. The minimum atomic E-state index is -2.90. The fourth-order valence-corrected chi connectivity index (χ4v) is 11.9. The molecule has 2 saturated heterocycles. The predicted octanol–water partition coefficient (Wildman–Crippen LogP) is 1.77. The minimum Gasteiger partial charge on any atom is -0.504 e. The molecule has 0 saturated carbocycles. The number of aliphatic hydroxyl groups is 2. The first-order valence-electron chi connectivity index (χ1n) is 31.1. The van der Waals surface area contributed by atoms with E-state index in [-0.39, 0.29) is 12.1 Å². The van der Waals surface area contributed by atoms with Crippen LogP contribution in [0.5, 0.6) is 144 Å². The molecule has 8 aromatic rings. The molecule has 25 N–H and O–H groups in total. The Bertz CT molecular complexity index is 5320. The van der Waals surface area contributed by atoms with Crippen molar-refractivity contribution in [2.24, 2.45) is 0 Å². The Labute approximate surface area is 616 Å². The third-order valence-electron chi connectivity index (χ3n) is 17.4. The second-order valence-electron chi connectivity index (χ2n) is 24.2. The topological polar surface area (TPSA) is 744 Å². The molecule has 0 spiro atoms. The van der Waals surface area contributed by atoms with E-state index in [4.69, 9.17) is 52.1 Å². The van der Waals surface area contributed by atoms with Gasteiger partial charge in [-0.05, 0) is 54.6 Å². The molecule has 2 unspecified atom stereocenters. The smallest absolute Gasteiger partial charge is 0.342 e. The number of hydrogen-bond donors (Lipinski definition) is 25. The monoisotopic (exact) mass is 1570 g/mol. The molecule has 0 amide bonds. The van der Waals surface area contributed by atoms with Gasteiger partial charge < -0.3 is 180 Å². The summed E-state index contributed by atoms with van der Waals surface area (Å²) in [5.74, 6) is -51.3. The molecule has 586 valence electrons. The number of aromatic hydroxyl groups is 23. The van der Waals surface area contributed by atoms with E-state index in [1.54, 1.807) is 0 Å². The van der Waals surface area contributed by atoms with Crippen molar-refractivity contribution < 1.29 is 218 Å². The summed E-state index contributed by atoms with van der Waals surface area (Å²) < 4.78 is 61.1. The van der Waals surface area contributed by atoms with Crippen molar-refractivity contribution in [1.29, 1.82) is 0 Å². The number of aliphatic hydroxyl groups excluding tert-OH is 2. The zero-order chi connectivity index (χ0) is 81.7. The number of phenols is 23. The van der Waals surface area contributed by atoms with Crippen LogP contribution in [0.15, 0.2) is 66.7 Å². The Morgan fingerprint density at radius 1 is 0.304 bits per heavy atom. The first-order valence-corrected chi connectivity index (χ1v) is 31.1. The number of fused-ring (bicyclic) bond motifs is 8. The molecule has 0 aliphatic carbocycles. The van der Waals surface area contributed by atoms with Crippen molar-refractivity contribution in [2.45, 2.75) is 61.4 Å². The second kappa shape index (κ2) is 28.4. The maximum Gasteiger partial charge on any atom is 0.342 e. The Kier molecular flexibility index (Phi) is 19.3. The van der Waals surface area contributed by atoms with Gasteiger partial charge in [-0.3, -0.25) is 0 Å². The van der Waals surface area contributed by atoms with Gasteiger partial charge in [-0.2, -0.15) is 0 Å². The summed E-state index contributed by atoms with van der Waals surface area (Å²) >= 11 is 0. The van der Waals surface area contributed by atoms with Crippen LogP contribution in [0.1, 0.15) is 82.9 Å². The van der Waals surface area contributed by atoms with Crippen molar-refractivity contribution in [1.82, 2.24) is 0 Å². The van der Waals surface area contributed by atoms with Gasteiger partial charge in [0.25, 0.3) is 0 Å². The van der Waals surface area contributed by atoms with E-state index in [1.165, 1.54) is 0 Å². The number of ether oxygens (including phenoxy) is 11. The fraction of sp³-hybridized carbons (Fsp3) is 0.176. The van der Waals surface area contributed by atoms with Crippen LogP contribution in [0.25, 0.3) is 22.3 Å². The van der Waals surface area contributed by atoms with Gasteiger partial charge >= 0.3 is 47.8 Å². The van der Waals surface area contributed by atoms with E-state index in [0.29, 0.717) is 54.6 Å². The lowest BCUT2D eigenvalue weighted by Gasteiger charge is -2.42. The van der Waals surface area contributed by atoms with E-state index in [2.05, 4.69) is 0 Å². The number of hydrogen-bond acceptors (Lipinski definition) is 44. The van der Waals surface area contributed by atoms with Gasteiger partial charge in [0.2, 0.25) is 34.5 Å². The van der Waals surface area contributed by atoms with Crippen LogP contribution in [0.2, 0.25) is 0 Å². The van der Waals surface area contributed by atoms with Gasteiger partial charge in [0.05, 0.1) is 38.9 Å². The van der Waals surface area contributed by atoms with Crippen molar-refractivity contribution in [3.63, 3.8) is 0 Å². The van der Waals surface area contributed by atoms with Crippen molar-refractivity contribution in [2.75, 3.05) is 13.2 Å². The largest absolute Gasteiger partial charge is 0.504 e. The standard InChI is InChI=1S/C68H50O44/c69-22-1-14(2-23(70)39(22)79)59(92)109-55-53-33(105-67(100)57(55)111-61(94)16-5-26(73)41(81)27(74)6-16)12-103-63(96)18-8-29(76)43(83)48(88)36(18)38-20(65(98)108-53)11-32(46(86)50(38)90)104-52-21(10-31(78)45(85)51(52)91)66(99)112-58-56(110-60(93)15-3-24(71)40(80)25(72)4-15)54-34(106-68(58)101)13-102-62(95)17-7-28(75)42(82)47(87)35(17)37-19(64(97)107-54)9-30(77)44(84)49(37)89/h1-11,33-34,53-58,67-91,100-101H,12-13H2/t33-,34-,53-,54-,55+,56+,57-,58-,67?,68?/m1/s1. The highest BCUT2D eigenvalue weighted by Crippen LogP contribution is 2.58. The van der Waals surface area contributed by atoms with Crippen LogP contribution in [-0.2, 0) is 47.4 Å². The average molecular weight is 1570 g/mol. The van der Waals surface area contributed by atoms with Crippen molar-refractivity contribution in [3.8, 4) is 166 Å². The molecular formula is C68H50O44. The van der Waals surface area contributed by atoms with E-state index >= 15 is 9.59 Å². The zero-order valence-electron chi connectivity index (χ0n) is 55.0. The Balaban J connectivity index is 0.979. The van der Waals surface area contributed by atoms with Crippen LogP contribution < -0.4 is 4.74 Å². The Morgan fingerprint density at radius 2 is 0.580 bits per heavy atom. The van der Waals surface area contributed by atoms with Gasteiger partial charge in [-0.1, -0.05) is 0 Å². The van der Waals surface area contributed by atoms with Gasteiger partial charge in [0.15, 0.2) is 158 Å². The van der Waals surface area contributed by atoms with Gasteiger partial charge in [-0.25, -0.2) is 38.4 Å². The maximum atomic E-state index is 15.4. The summed E-state index contributed by atoms with van der Waals surface area (Å²) in [4.78, 5) is 116. The lowest BCUT2D eigenvalue weighted by molar-refractivity contribution is -0.284. The van der Waals surface area contributed by atoms with Gasteiger partial charge in [0.1, 0.15) is 31.0 Å². The number of benzene rings is 8. The maximum absolute atomic E-state index is 15.4. The molecule has 44 heteroatoms. The van der Waals surface area contributed by atoms with Crippen molar-refractivity contribution in [3.05, 3.63) is 111 Å². The number of phenolic OH excluding ortho intramolecular Hbond substituents is 23. The van der Waals surface area contributed by atoms with E-state index in [9.17, 15) is 156 Å². The molecule has 0 radical (unpaired) electrons. The fourth-order valence-electron chi connectivity index (χ4n) is 11.9. The highest BCUT2D eigenvalue weighted by molar-refractivity contribution is 6.10. The van der Waals surface area contributed by atoms with Gasteiger partial charge in [-0.15, -0.1) is 0 Å². The summed E-state index contributed by atoms with van der Waals surface area (Å²) in [6.07, 6.45) is -26.5. The molecule has 0 bridgehead atoms.